The van der Waals surface area contributed by atoms with Gasteiger partial charge in [0.2, 0.25) is 5.91 Å². The largest absolute Gasteiger partial charge is 0.381 e. The highest BCUT2D eigenvalue weighted by Gasteiger charge is 2.45. The smallest absolute Gasteiger partial charge is 0.233 e. The van der Waals surface area contributed by atoms with Crippen LogP contribution in [0.1, 0.15) is 31.2 Å². The number of amides is 1. The van der Waals surface area contributed by atoms with Gasteiger partial charge in [0.15, 0.2) is 9.84 Å². The van der Waals surface area contributed by atoms with E-state index in [2.05, 4.69) is 0 Å². The molecule has 2 fully saturated rings. The molecule has 3 rings (SSSR count). The molecule has 5 nitrogen and oxygen atoms in total. The lowest BCUT2D eigenvalue weighted by molar-refractivity contribution is -0.142. The second-order valence-electron chi connectivity index (χ2n) is 7.05. The first-order chi connectivity index (χ1) is 11.8. The van der Waals surface area contributed by atoms with Crippen LogP contribution in [0.2, 0.25) is 0 Å². The van der Waals surface area contributed by atoms with Gasteiger partial charge in [0, 0.05) is 32.6 Å². The fraction of sp³-hybridized carbons (Fsp3) is 0.611. The van der Waals surface area contributed by atoms with E-state index in [9.17, 15) is 17.6 Å². The van der Waals surface area contributed by atoms with E-state index in [-0.39, 0.29) is 18.3 Å². The highest BCUT2D eigenvalue weighted by Crippen LogP contribution is 2.37. The van der Waals surface area contributed by atoms with Crippen LogP contribution in [0.3, 0.4) is 0 Å². The van der Waals surface area contributed by atoms with Crippen LogP contribution in [-0.2, 0) is 24.8 Å². The van der Waals surface area contributed by atoms with E-state index in [1.54, 1.807) is 17.0 Å². The Kier molecular flexibility index (Phi) is 5.16. The Balaban J connectivity index is 1.91. The number of sulfone groups is 1. The maximum Gasteiger partial charge on any atom is 0.233 e. The fourth-order valence-corrected chi connectivity index (χ4v) is 4.94. The van der Waals surface area contributed by atoms with E-state index in [1.807, 2.05) is 0 Å². The Hall–Kier alpha value is -1.47. The fourth-order valence-electron chi connectivity index (χ4n) is 3.89. The summed E-state index contributed by atoms with van der Waals surface area (Å²) in [5.41, 5.74) is 0.0226. The monoisotopic (exact) mass is 369 g/mol. The highest BCUT2D eigenvalue weighted by atomic mass is 32.2. The topological polar surface area (TPSA) is 63.7 Å². The third-order valence-electron chi connectivity index (χ3n) is 5.42. The summed E-state index contributed by atoms with van der Waals surface area (Å²) in [6.07, 6.45) is 3.56. The molecule has 1 unspecified atom stereocenters. The molecule has 0 aliphatic carbocycles. The molecule has 0 saturated carbocycles. The SMILES string of the molecule is CS(=O)(=O)C1CCCN(C(=O)C2(c3ccc(F)cc3)CCOCC2)C1. The van der Waals surface area contributed by atoms with Crippen molar-refractivity contribution in [1.29, 1.82) is 0 Å². The maximum atomic E-state index is 13.4. The van der Waals surface area contributed by atoms with Gasteiger partial charge in [0.25, 0.3) is 0 Å². The number of piperidine rings is 1. The number of nitrogens with zero attached hydrogens (tertiary/aromatic N) is 1. The lowest BCUT2D eigenvalue weighted by Crippen LogP contribution is -2.54. The minimum Gasteiger partial charge on any atom is -0.381 e. The van der Waals surface area contributed by atoms with Gasteiger partial charge >= 0.3 is 0 Å². The molecule has 25 heavy (non-hydrogen) atoms. The van der Waals surface area contributed by atoms with Gasteiger partial charge < -0.3 is 9.64 Å². The van der Waals surface area contributed by atoms with Crippen LogP contribution < -0.4 is 0 Å². The lowest BCUT2D eigenvalue weighted by Gasteiger charge is -2.42. The Labute approximate surface area is 148 Å². The maximum absolute atomic E-state index is 13.4. The molecule has 1 atom stereocenters. The van der Waals surface area contributed by atoms with Crippen molar-refractivity contribution in [3.05, 3.63) is 35.6 Å². The molecule has 0 bridgehead atoms. The lowest BCUT2D eigenvalue weighted by atomic mass is 9.72. The first-order valence-corrected chi connectivity index (χ1v) is 10.6. The summed E-state index contributed by atoms with van der Waals surface area (Å²) in [7, 11) is -3.18. The van der Waals surface area contributed by atoms with Crippen molar-refractivity contribution in [3.63, 3.8) is 0 Å². The number of hydrogen-bond donors (Lipinski definition) is 0. The summed E-state index contributed by atoms with van der Waals surface area (Å²) in [5.74, 6) is -0.399. The van der Waals surface area contributed by atoms with Gasteiger partial charge in [-0.1, -0.05) is 12.1 Å². The van der Waals surface area contributed by atoms with Crippen molar-refractivity contribution >= 4 is 15.7 Å². The summed E-state index contributed by atoms with van der Waals surface area (Å²) in [5, 5.41) is -0.504. The first kappa shape index (κ1) is 18.3. The Morgan fingerprint density at radius 1 is 1.24 bits per heavy atom. The Bertz CT molecular complexity index is 726. The van der Waals surface area contributed by atoms with Crippen LogP contribution in [0.4, 0.5) is 4.39 Å². The molecule has 2 saturated heterocycles. The average molecular weight is 369 g/mol. The molecular weight excluding hydrogens is 345 g/mol. The van der Waals surface area contributed by atoms with Crippen molar-refractivity contribution in [3.8, 4) is 0 Å². The van der Waals surface area contributed by atoms with Gasteiger partial charge in [-0.3, -0.25) is 4.79 Å². The third-order valence-corrected chi connectivity index (χ3v) is 7.02. The van der Waals surface area contributed by atoms with Crippen LogP contribution in [0, 0.1) is 5.82 Å². The van der Waals surface area contributed by atoms with E-state index in [0.717, 1.165) is 5.56 Å². The van der Waals surface area contributed by atoms with Crippen LogP contribution in [-0.4, -0.2) is 57.0 Å². The summed E-state index contributed by atoms with van der Waals surface area (Å²) in [6, 6.07) is 6.07. The van der Waals surface area contributed by atoms with Crippen LogP contribution in [0.15, 0.2) is 24.3 Å². The summed E-state index contributed by atoms with van der Waals surface area (Å²) < 4.78 is 42.6. The molecule has 2 aliphatic rings. The molecule has 1 amide bonds. The summed E-state index contributed by atoms with van der Waals surface area (Å²) in [4.78, 5) is 15.1. The van der Waals surface area contributed by atoms with Gasteiger partial charge in [0.05, 0.1) is 10.7 Å². The van der Waals surface area contributed by atoms with E-state index < -0.39 is 20.5 Å². The van der Waals surface area contributed by atoms with E-state index in [0.29, 0.717) is 45.4 Å². The van der Waals surface area contributed by atoms with Gasteiger partial charge in [-0.25, -0.2) is 12.8 Å². The minimum absolute atomic E-state index is 0.0595. The first-order valence-electron chi connectivity index (χ1n) is 8.65. The molecule has 0 N–H and O–H groups in total. The Morgan fingerprint density at radius 2 is 1.88 bits per heavy atom. The number of rotatable bonds is 3. The van der Waals surface area contributed by atoms with E-state index >= 15 is 0 Å². The van der Waals surface area contributed by atoms with Gasteiger partial charge in [-0.15, -0.1) is 0 Å². The van der Waals surface area contributed by atoms with Crippen molar-refractivity contribution in [2.75, 3.05) is 32.6 Å². The van der Waals surface area contributed by atoms with Crippen LogP contribution in [0.5, 0.6) is 0 Å². The molecule has 2 aliphatic heterocycles. The third kappa shape index (κ3) is 3.72. The zero-order valence-electron chi connectivity index (χ0n) is 14.4. The molecule has 0 spiro atoms. The standard InChI is InChI=1S/C18H24FNO4S/c1-25(22,23)16-3-2-10-20(13-16)17(21)18(8-11-24-12-9-18)14-4-6-15(19)7-5-14/h4-7,16H,2-3,8-13H2,1H3. The van der Waals surface area contributed by atoms with E-state index in [4.69, 9.17) is 4.74 Å². The van der Waals surface area contributed by atoms with Crippen molar-refractivity contribution < 1.29 is 22.3 Å². The number of ether oxygens (including phenoxy) is 1. The molecule has 1 aromatic rings. The number of carbonyl (C=O) groups is 1. The molecule has 2 heterocycles. The second-order valence-corrected chi connectivity index (χ2v) is 9.37. The number of benzene rings is 1. The predicted molar refractivity (Wildman–Crippen MR) is 92.6 cm³/mol. The predicted octanol–water partition coefficient (Wildman–Crippen LogP) is 1.91. The zero-order valence-corrected chi connectivity index (χ0v) is 15.2. The van der Waals surface area contributed by atoms with Gasteiger partial charge in [0.1, 0.15) is 5.82 Å². The minimum atomic E-state index is -3.18. The van der Waals surface area contributed by atoms with Gasteiger partial charge in [-0.05, 0) is 43.4 Å². The van der Waals surface area contributed by atoms with Crippen LogP contribution in [0.25, 0.3) is 0 Å². The number of hydrogen-bond acceptors (Lipinski definition) is 4. The molecular formula is C18H24FNO4S. The quantitative estimate of drug-likeness (QED) is 0.816. The Morgan fingerprint density at radius 3 is 2.48 bits per heavy atom. The molecule has 7 heteroatoms. The van der Waals surface area contributed by atoms with E-state index in [1.165, 1.54) is 18.4 Å². The molecule has 138 valence electrons. The number of likely N-dealkylation sites (tertiary alicyclic amines) is 1. The van der Waals surface area contributed by atoms with Crippen molar-refractivity contribution in [1.82, 2.24) is 4.90 Å². The zero-order chi connectivity index (χ0) is 18.1. The highest BCUT2D eigenvalue weighted by molar-refractivity contribution is 7.91. The molecule has 0 aromatic heterocycles. The molecule has 1 aromatic carbocycles. The van der Waals surface area contributed by atoms with Crippen molar-refractivity contribution in [2.24, 2.45) is 0 Å². The number of halogens is 1. The summed E-state index contributed by atoms with van der Waals surface area (Å²) >= 11 is 0. The summed E-state index contributed by atoms with van der Waals surface area (Å²) in [6.45, 7) is 1.73. The second kappa shape index (κ2) is 7.03. The molecule has 0 radical (unpaired) electrons. The number of carbonyl (C=O) groups excluding carboxylic acids is 1. The van der Waals surface area contributed by atoms with Crippen LogP contribution >= 0.6 is 0 Å². The average Bonchev–Trinajstić information content (AvgIpc) is 2.61. The van der Waals surface area contributed by atoms with Crippen molar-refractivity contribution in [2.45, 2.75) is 36.3 Å². The van der Waals surface area contributed by atoms with Gasteiger partial charge in [-0.2, -0.15) is 0 Å². The normalized spacial score (nSPS) is 24.1.